The van der Waals surface area contributed by atoms with Crippen molar-refractivity contribution < 1.29 is 4.74 Å². The molecule has 112 valence electrons. The second-order valence-electron chi connectivity index (χ2n) is 7.41. The van der Waals surface area contributed by atoms with E-state index in [2.05, 4.69) is 51.8 Å². The van der Waals surface area contributed by atoms with Crippen molar-refractivity contribution in [2.24, 2.45) is 5.92 Å². The Morgan fingerprint density at radius 1 is 1.21 bits per heavy atom. The molecule has 0 aromatic carbocycles. The number of rotatable bonds is 5. The maximum Gasteiger partial charge on any atom is 0.0678 e. The fourth-order valence-corrected chi connectivity index (χ4v) is 5.47. The first-order valence-electron chi connectivity index (χ1n) is 7.83. The van der Waals surface area contributed by atoms with E-state index in [1.807, 2.05) is 0 Å². The quantitative estimate of drug-likeness (QED) is 0.829. The van der Waals surface area contributed by atoms with Crippen molar-refractivity contribution in [2.75, 3.05) is 12.8 Å². The van der Waals surface area contributed by atoms with Crippen LogP contribution in [0.5, 0.6) is 0 Å². The van der Waals surface area contributed by atoms with Crippen molar-refractivity contribution in [1.29, 1.82) is 0 Å². The molecule has 1 saturated carbocycles. The Morgan fingerprint density at radius 2 is 1.84 bits per heavy atom. The highest BCUT2D eigenvalue weighted by Gasteiger charge is 2.48. The minimum atomic E-state index is -0.00654. The van der Waals surface area contributed by atoms with Crippen molar-refractivity contribution in [3.63, 3.8) is 0 Å². The van der Waals surface area contributed by atoms with Crippen molar-refractivity contribution in [1.82, 2.24) is 5.32 Å². The molecule has 2 unspecified atom stereocenters. The molecule has 1 aliphatic carbocycles. The lowest BCUT2D eigenvalue weighted by molar-refractivity contribution is -0.0767. The lowest BCUT2D eigenvalue weighted by Crippen LogP contribution is -2.44. The predicted octanol–water partition coefficient (Wildman–Crippen LogP) is 3.84. The van der Waals surface area contributed by atoms with E-state index in [4.69, 9.17) is 4.74 Å². The summed E-state index contributed by atoms with van der Waals surface area (Å²) < 4.78 is 6.25. The van der Waals surface area contributed by atoms with E-state index >= 15 is 0 Å². The molecule has 0 aromatic rings. The molecule has 2 nitrogen and oxygen atoms in total. The van der Waals surface area contributed by atoms with E-state index < -0.39 is 0 Å². The summed E-state index contributed by atoms with van der Waals surface area (Å²) in [6.07, 6.45) is 6.89. The first kappa shape index (κ1) is 15.7. The third kappa shape index (κ3) is 3.89. The fourth-order valence-electron chi connectivity index (χ4n) is 3.93. The summed E-state index contributed by atoms with van der Waals surface area (Å²) in [6.45, 7) is 8.98. The van der Waals surface area contributed by atoms with Crippen LogP contribution in [0.2, 0.25) is 0 Å². The van der Waals surface area contributed by atoms with E-state index in [1.54, 1.807) is 0 Å². The monoisotopic (exact) mass is 285 g/mol. The number of thioether (sulfide) groups is 1. The van der Waals surface area contributed by atoms with Crippen LogP contribution < -0.4 is 5.32 Å². The molecule has 2 atom stereocenters. The zero-order valence-corrected chi connectivity index (χ0v) is 14.1. The van der Waals surface area contributed by atoms with Gasteiger partial charge in [0.15, 0.2) is 0 Å². The number of ether oxygens (including phenoxy) is 1. The van der Waals surface area contributed by atoms with Crippen LogP contribution in [0.15, 0.2) is 0 Å². The number of hydrogen-bond acceptors (Lipinski definition) is 3. The van der Waals surface area contributed by atoms with Crippen LogP contribution in [0.3, 0.4) is 0 Å². The smallest absolute Gasteiger partial charge is 0.0678 e. The topological polar surface area (TPSA) is 21.3 Å². The molecule has 0 aromatic heterocycles. The molecule has 0 radical (unpaired) electrons. The van der Waals surface area contributed by atoms with Crippen LogP contribution in [-0.4, -0.2) is 35.3 Å². The highest BCUT2D eigenvalue weighted by molar-refractivity contribution is 7.99. The van der Waals surface area contributed by atoms with Gasteiger partial charge in [-0.15, -0.1) is 0 Å². The first-order chi connectivity index (χ1) is 8.84. The maximum atomic E-state index is 6.25. The molecule has 2 rings (SSSR count). The summed E-state index contributed by atoms with van der Waals surface area (Å²) in [4.78, 5) is 0. The Morgan fingerprint density at radius 3 is 2.32 bits per heavy atom. The summed E-state index contributed by atoms with van der Waals surface area (Å²) in [6, 6.07) is 0.572. The normalized spacial score (nSPS) is 31.7. The van der Waals surface area contributed by atoms with E-state index in [1.165, 1.54) is 31.4 Å². The van der Waals surface area contributed by atoms with Crippen molar-refractivity contribution >= 4 is 11.8 Å². The Hall–Kier alpha value is 0.270. The van der Waals surface area contributed by atoms with Gasteiger partial charge in [0.25, 0.3) is 0 Å². The summed E-state index contributed by atoms with van der Waals surface area (Å²) in [5, 5.41) is 4.47. The Kier molecular flexibility index (Phi) is 4.90. The lowest BCUT2D eigenvalue weighted by atomic mass is 9.82. The molecule has 0 amide bonds. The van der Waals surface area contributed by atoms with Gasteiger partial charge in [0.1, 0.15) is 0 Å². The molecule has 19 heavy (non-hydrogen) atoms. The summed E-state index contributed by atoms with van der Waals surface area (Å²) in [7, 11) is 2.11. The van der Waals surface area contributed by atoms with Gasteiger partial charge >= 0.3 is 0 Å². The van der Waals surface area contributed by atoms with Crippen LogP contribution in [0, 0.1) is 5.92 Å². The van der Waals surface area contributed by atoms with Crippen LogP contribution >= 0.6 is 11.8 Å². The van der Waals surface area contributed by atoms with Gasteiger partial charge in [-0.05, 0) is 54.0 Å². The Bertz CT molecular complexity index is 297. The van der Waals surface area contributed by atoms with Gasteiger partial charge in [-0.3, -0.25) is 0 Å². The van der Waals surface area contributed by atoms with Crippen LogP contribution in [0.25, 0.3) is 0 Å². The predicted molar refractivity (Wildman–Crippen MR) is 84.9 cm³/mol. The molecule has 0 bridgehead atoms. The number of nitrogens with one attached hydrogen (secondary N) is 1. The summed E-state index contributed by atoms with van der Waals surface area (Å²) in [5.74, 6) is 1.84. The Labute approximate surface area is 123 Å². The largest absolute Gasteiger partial charge is 0.369 e. The van der Waals surface area contributed by atoms with Crippen molar-refractivity contribution in [3.8, 4) is 0 Å². The molecule has 3 heteroatoms. The third-order valence-corrected chi connectivity index (χ3v) is 6.31. The van der Waals surface area contributed by atoms with Crippen LogP contribution in [-0.2, 0) is 4.74 Å². The maximum absolute atomic E-state index is 6.25. The highest BCUT2D eigenvalue weighted by Crippen LogP contribution is 2.44. The second-order valence-corrected chi connectivity index (χ2v) is 8.74. The summed E-state index contributed by atoms with van der Waals surface area (Å²) >= 11 is 2.19. The van der Waals surface area contributed by atoms with Crippen molar-refractivity contribution in [3.05, 3.63) is 0 Å². The molecule has 2 aliphatic rings. The summed E-state index contributed by atoms with van der Waals surface area (Å²) in [5.41, 5.74) is 0.0225. The standard InChI is InChI=1S/C16H31NOS/c1-15(2)10-13(16(3,4)18-15)14(17-5)11-19-12-8-6-7-9-12/h12-14,17H,6-11H2,1-5H3. The van der Waals surface area contributed by atoms with E-state index in [0.717, 1.165) is 11.7 Å². The van der Waals surface area contributed by atoms with Gasteiger partial charge in [-0.2, -0.15) is 11.8 Å². The molecule has 2 fully saturated rings. The molecule has 0 spiro atoms. The van der Waals surface area contributed by atoms with Gasteiger partial charge in [-0.1, -0.05) is 12.8 Å². The van der Waals surface area contributed by atoms with Crippen LogP contribution in [0.4, 0.5) is 0 Å². The lowest BCUT2D eigenvalue weighted by Gasteiger charge is -2.33. The first-order valence-corrected chi connectivity index (χ1v) is 8.88. The third-order valence-electron chi connectivity index (χ3n) is 4.81. The average molecular weight is 285 g/mol. The van der Waals surface area contributed by atoms with Gasteiger partial charge in [0.2, 0.25) is 0 Å². The molecular formula is C16H31NOS. The number of hydrogen-bond donors (Lipinski definition) is 1. The van der Waals surface area contributed by atoms with Gasteiger partial charge < -0.3 is 10.1 Å². The highest BCUT2D eigenvalue weighted by atomic mass is 32.2. The average Bonchev–Trinajstić information content (AvgIpc) is 2.86. The van der Waals surface area contributed by atoms with Crippen LogP contribution in [0.1, 0.15) is 59.8 Å². The molecule has 1 N–H and O–H groups in total. The fraction of sp³-hybridized carbons (Fsp3) is 1.00. The molecule has 1 heterocycles. The van der Waals surface area contributed by atoms with Gasteiger partial charge in [0, 0.05) is 23.0 Å². The van der Waals surface area contributed by atoms with E-state index in [0.29, 0.717) is 12.0 Å². The zero-order valence-electron chi connectivity index (χ0n) is 13.3. The zero-order chi connectivity index (χ0) is 14.1. The molecule has 1 saturated heterocycles. The van der Waals surface area contributed by atoms with Gasteiger partial charge in [0.05, 0.1) is 11.2 Å². The minimum Gasteiger partial charge on any atom is -0.369 e. The molecular weight excluding hydrogens is 254 g/mol. The second kappa shape index (κ2) is 5.95. The minimum absolute atomic E-state index is 0.00654. The molecule has 1 aliphatic heterocycles. The van der Waals surface area contributed by atoms with Gasteiger partial charge in [-0.25, -0.2) is 0 Å². The van der Waals surface area contributed by atoms with E-state index in [-0.39, 0.29) is 11.2 Å². The van der Waals surface area contributed by atoms with Crippen molar-refractivity contribution in [2.45, 2.75) is 82.3 Å². The van der Waals surface area contributed by atoms with E-state index in [9.17, 15) is 0 Å². The SMILES string of the molecule is CNC(CSC1CCCC1)C1CC(C)(C)OC1(C)C. The Balaban J connectivity index is 1.92.